The SMILES string of the molecule is COc1ccc2cc([C@H](C)C(=O)NCCNc3ccccc3[N+](=O)[O-])ccc2c1. The van der Waals surface area contributed by atoms with E-state index in [0.717, 1.165) is 22.1 Å². The minimum absolute atomic E-state index is 0.0139. The summed E-state index contributed by atoms with van der Waals surface area (Å²) < 4.78 is 5.24. The Morgan fingerprint density at radius 3 is 2.55 bits per heavy atom. The molecule has 0 fully saturated rings. The lowest BCUT2D eigenvalue weighted by molar-refractivity contribution is -0.384. The molecule has 150 valence electrons. The number of nitro groups is 1. The number of nitrogens with zero attached hydrogens (tertiary/aromatic N) is 1. The number of amides is 1. The molecule has 0 saturated carbocycles. The van der Waals surface area contributed by atoms with Crippen LogP contribution in [-0.4, -0.2) is 31.0 Å². The number of anilines is 1. The highest BCUT2D eigenvalue weighted by Gasteiger charge is 2.16. The van der Waals surface area contributed by atoms with Crippen LogP contribution in [0.25, 0.3) is 10.8 Å². The van der Waals surface area contributed by atoms with Crippen LogP contribution in [0.3, 0.4) is 0 Å². The third kappa shape index (κ3) is 4.82. The van der Waals surface area contributed by atoms with Crippen molar-refractivity contribution in [3.8, 4) is 5.75 Å². The smallest absolute Gasteiger partial charge is 0.292 e. The maximum Gasteiger partial charge on any atom is 0.292 e. The summed E-state index contributed by atoms with van der Waals surface area (Å²) in [5.74, 6) is 0.386. The molecule has 3 rings (SSSR count). The molecule has 7 heteroatoms. The maximum atomic E-state index is 12.5. The summed E-state index contributed by atoms with van der Waals surface area (Å²) in [5.41, 5.74) is 1.37. The Balaban J connectivity index is 1.57. The van der Waals surface area contributed by atoms with Gasteiger partial charge >= 0.3 is 0 Å². The number of ether oxygens (including phenoxy) is 1. The van der Waals surface area contributed by atoms with E-state index in [2.05, 4.69) is 10.6 Å². The highest BCUT2D eigenvalue weighted by molar-refractivity contribution is 5.88. The number of rotatable bonds is 8. The van der Waals surface area contributed by atoms with E-state index in [9.17, 15) is 14.9 Å². The van der Waals surface area contributed by atoms with Gasteiger partial charge in [0.25, 0.3) is 5.69 Å². The predicted molar refractivity (Wildman–Crippen MR) is 114 cm³/mol. The van der Waals surface area contributed by atoms with Gasteiger partial charge in [-0.25, -0.2) is 0 Å². The summed E-state index contributed by atoms with van der Waals surface area (Å²) in [6.07, 6.45) is 0. The zero-order valence-electron chi connectivity index (χ0n) is 16.3. The molecule has 0 heterocycles. The van der Waals surface area contributed by atoms with Crippen molar-refractivity contribution < 1.29 is 14.5 Å². The number of methoxy groups -OCH3 is 1. The van der Waals surface area contributed by atoms with Gasteiger partial charge in [-0.15, -0.1) is 0 Å². The van der Waals surface area contributed by atoms with E-state index in [1.165, 1.54) is 6.07 Å². The van der Waals surface area contributed by atoms with Crippen LogP contribution in [0, 0.1) is 10.1 Å². The molecule has 0 aliphatic carbocycles. The normalized spacial score (nSPS) is 11.7. The number of benzene rings is 3. The number of nitrogens with one attached hydrogen (secondary N) is 2. The van der Waals surface area contributed by atoms with Crippen molar-refractivity contribution in [3.05, 3.63) is 76.3 Å². The molecule has 1 atom stereocenters. The zero-order valence-corrected chi connectivity index (χ0v) is 16.3. The van der Waals surface area contributed by atoms with E-state index in [1.807, 2.05) is 43.3 Å². The fourth-order valence-corrected chi connectivity index (χ4v) is 3.11. The number of para-hydroxylation sites is 2. The lowest BCUT2D eigenvalue weighted by atomic mass is 9.97. The van der Waals surface area contributed by atoms with Gasteiger partial charge in [-0.1, -0.05) is 36.4 Å². The first-order valence-electron chi connectivity index (χ1n) is 9.32. The fraction of sp³-hybridized carbons (Fsp3) is 0.227. The highest BCUT2D eigenvalue weighted by atomic mass is 16.6. The number of carbonyl (C=O) groups excluding carboxylic acids is 1. The highest BCUT2D eigenvalue weighted by Crippen LogP contribution is 2.25. The van der Waals surface area contributed by atoms with Crippen LogP contribution >= 0.6 is 0 Å². The average Bonchev–Trinajstić information content (AvgIpc) is 2.75. The number of hydrogen-bond donors (Lipinski definition) is 2. The second-order valence-electron chi connectivity index (χ2n) is 6.69. The Morgan fingerprint density at radius 2 is 1.79 bits per heavy atom. The van der Waals surface area contributed by atoms with Crippen molar-refractivity contribution in [2.45, 2.75) is 12.8 Å². The van der Waals surface area contributed by atoms with Crippen LogP contribution in [0.2, 0.25) is 0 Å². The van der Waals surface area contributed by atoms with Crippen molar-refractivity contribution in [3.63, 3.8) is 0 Å². The molecule has 0 aliphatic heterocycles. The first-order valence-corrected chi connectivity index (χ1v) is 9.32. The third-order valence-corrected chi connectivity index (χ3v) is 4.81. The monoisotopic (exact) mass is 393 g/mol. The number of nitro benzene ring substituents is 1. The van der Waals surface area contributed by atoms with E-state index in [-0.39, 0.29) is 17.5 Å². The van der Waals surface area contributed by atoms with E-state index in [4.69, 9.17) is 4.74 Å². The number of fused-ring (bicyclic) bond motifs is 1. The van der Waals surface area contributed by atoms with Crippen molar-refractivity contribution in [2.24, 2.45) is 0 Å². The van der Waals surface area contributed by atoms with Gasteiger partial charge in [-0.2, -0.15) is 0 Å². The van der Waals surface area contributed by atoms with Gasteiger partial charge in [0.2, 0.25) is 5.91 Å². The van der Waals surface area contributed by atoms with Crippen molar-refractivity contribution in [1.29, 1.82) is 0 Å². The summed E-state index contributed by atoms with van der Waals surface area (Å²) >= 11 is 0. The van der Waals surface area contributed by atoms with Gasteiger partial charge in [-0.05, 0) is 41.5 Å². The van der Waals surface area contributed by atoms with Gasteiger partial charge < -0.3 is 15.4 Å². The molecule has 0 bridgehead atoms. The molecular weight excluding hydrogens is 370 g/mol. The Morgan fingerprint density at radius 1 is 1.07 bits per heavy atom. The van der Waals surface area contributed by atoms with Crippen LogP contribution in [0.4, 0.5) is 11.4 Å². The standard InChI is InChI=1S/C22H23N3O4/c1-15(16-7-8-18-14-19(29-2)10-9-17(18)13-16)22(26)24-12-11-23-20-5-3-4-6-21(20)25(27)28/h3-10,13-15,23H,11-12H2,1-2H3,(H,24,26)/t15-/m0/s1. The molecule has 29 heavy (non-hydrogen) atoms. The Hall–Kier alpha value is -3.61. The molecule has 7 nitrogen and oxygen atoms in total. The lowest BCUT2D eigenvalue weighted by Crippen LogP contribution is -2.32. The molecule has 3 aromatic rings. The van der Waals surface area contributed by atoms with Gasteiger partial charge in [-0.3, -0.25) is 14.9 Å². The van der Waals surface area contributed by atoms with Crippen molar-refractivity contribution in [1.82, 2.24) is 5.32 Å². The van der Waals surface area contributed by atoms with Gasteiger partial charge in [0, 0.05) is 19.2 Å². The summed E-state index contributed by atoms with van der Waals surface area (Å²) in [5, 5.41) is 19.0. The van der Waals surface area contributed by atoms with Crippen molar-refractivity contribution in [2.75, 3.05) is 25.5 Å². The third-order valence-electron chi connectivity index (χ3n) is 4.81. The average molecular weight is 393 g/mol. The van der Waals surface area contributed by atoms with Crippen LogP contribution < -0.4 is 15.4 Å². The van der Waals surface area contributed by atoms with E-state index in [0.29, 0.717) is 18.8 Å². The first-order chi connectivity index (χ1) is 14.0. The zero-order chi connectivity index (χ0) is 20.8. The first kappa shape index (κ1) is 20.1. The quantitative estimate of drug-likeness (QED) is 0.342. The minimum Gasteiger partial charge on any atom is -0.497 e. The van der Waals surface area contributed by atoms with E-state index < -0.39 is 4.92 Å². The predicted octanol–water partition coefficient (Wildman–Crippen LogP) is 4.09. The molecule has 0 aliphatic rings. The summed E-state index contributed by atoms with van der Waals surface area (Å²) in [4.78, 5) is 23.1. The van der Waals surface area contributed by atoms with Crippen LogP contribution in [-0.2, 0) is 4.79 Å². The summed E-state index contributed by atoms with van der Waals surface area (Å²) in [6, 6.07) is 18.2. The topological polar surface area (TPSA) is 93.5 Å². The second-order valence-corrected chi connectivity index (χ2v) is 6.69. The van der Waals surface area contributed by atoms with Crippen LogP contribution in [0.1, 0.15) is 18.4 Å². The number of hydrogen-bond acceptors (Lipinski definition) is 5. The van der Waals surface area contributed by atoms with Crippen LogP contribution in [0.15, 0.2) is 60.7 Å². The molecule has 0 unspecified atom stereocenters. The largest absolute Gasteiger partial charge is 0.497 e. The van der Waals surface area contributed by atoms with Gasteiger partial charge in [0.1, 0.15) is 11.4 Å². The minimum atomic E-state index is -0.432. The lowest BCUT2D eigenvalue weighted by Gasteiger charge is -2.14. The molecule has 0 saturated heterocycles. The maximum absolute atomic E-state index is 12.5. The van der Waals surface area contributed by atoms with Gasteiger partial charge in [0.05, 0.1) is 18.0 Å². The molecular formula is C22H23N3O4. The van der Waals surface area contributed by atoms with Crippen molar-refractivity contribution >= 4 is 28.1 Å². The van der Waals surface area contributed by atoms with E-state index in [1.54, 1.807) is 25.3 Å². The molecule has 0 aromatic heterocycles. The molecule has 2 N–H and O–H groups in total. The Bertz CT molecular complexity index is 1040. The Kier molecular flexibility index (Phi) is 6.29. The molecule has 0 radical (unpaired) electrons. The summed E-state index contributed by atoms with van der Waals surface area (Å²) in [6.45, 7) is 2.61. The van der Waals surface area contributed by atoms with Gasteiger partial charge in [0.15, 0.2) is 0 Å². The molecule has 0 spiro atoms. The fourth-order valence-electron chi connectivity index (χ4n) is 3.11. The number of carbonyl (C=O) groups is 1. The van der Waals surface area contributed by atoms with E-state index >= 15 is 0 Å². The Labute approximate surface area is 168 Å². The second kappa shape index (κ2) is 9.05. The summed E-state index contributed by atoms with van der Waals surface area (Å²) in [7, 11) is 1.63. The molecule has 3 aromatic carbocycles. The van der Waals surface area contributed by atoms with Crippen LogP contribution in [0.5, 0.6) is 5.75 Å². The molecule has 1 amide bonds.